The zero-order chi connectivity index (χ0) is 14.8. The van der Waals surface area contributed by atoms with Gasteiger partial charge < -0.3 is 5.11 Å². The molecule has 1 heteroatoms. The average Bonchev–Trinajstić information content (AvgIpc) is 2.28. The van der Waals surface area contributed by atoms with Gasteiger partial charge >= 0.3 is 0 Å². The Labute approximate surface area is 119 Å². The lowest BCUT2D eigenvalue weighted by molar-refractivity contribution is 0.258. The Morgan fingerprint density at radius 3 is 2.11 bits per heavy atom. The van der Waals surface area contributed by atoms with Gasteiger partial charge in [-0.15, -0.1) is 0 Å². The molecule has 1 aromatic carbocycles. The van der Waals surface area contributed by atoms with E-state index < -0.39 is 0 Å². The molecule has 1 aromatic rings. The third-order valence-electron chi connectivity index (χ3n) is 4.15. The van der Waals surface area contributed by atoms with Gasteiger partial charge in [-0.2, -0.15) is 0 Å². The molecule has 1 nitrogen and oxygen atoms in total. The molecular formula is C18H30O. The first-order chi connectivity index (χ1) is 8.68. The number of phenolic OH excluding ortho intramolecular Hbond substituents is 1. The van der Waals surface area contributed by atoms with E-state index in [9.17, 15) is 5.11 Å². The van der Waals surface area contributed by atoms with Crippen LogP contribution < -0.4 is 0 Å². The fraction of sp³-hybridized carbons (Fsp3) is 0.667. The number of benzene rings is 1. The molecule has 0 fully saturated rings. The molecule has 0 aliphatic rings. The van der Waals surface area contributed by atoms with E-state index in [1.54, 1.807) is 0 Å². The normalized spacial score (nSPS) is 15.6. The van der Waals surface area contributed by atoms with Gasteiger partial charge in [-0.05, 0) is 46.8 Å². The van der Waals surface area contributed by atoms with Crippen LogP contribution in [-0.4, -0.2) is 5.11 Å². The van der Waals surface area contributed by atoms with Crippen LogP contribution >= 0.6 is 0 Å². The number of aromatic hydroxyl groups is 1. The topological polar surface area (TPSA) is 20.2 Å². The van der Waals surface area contributed by atoms with Crippen LogP contribution in [-0.2, 0) is 0 Å². The van der Waals surface area contributed by atoms with E-state index >= 15 is 0 Å². The van der Waals surface area contributed by atoms with Crippen LogP contribution in [0.15, 0.2) is 18.2 Å². The molecule has 1 rings (SSSR count). The summed E-state index contributed by atoms with van der Waals surface area (Å²) in [6.45, 7) is 15.8. The van der Waals surface area contributed by atoms with Crippen molar-refractivity contribution in [2.75, 3.05) is 0 Å². The van der Waals surface area contributed by atoms with Crippen molar-refractivity contribution in [1.82, 2.24) is 0 Å². The van der Waals surface area contributed by atoms with E-state index in [1.165, 1.54) is 5.56 Å². The predicted octanol–water partition coefficient (Wildman–Crippen LogP) is 5.69. The van der Waals surface area contributed by atoms with Crippen LogP contribution in [0.25, 0.3) is 0 Å². The fourth-order valence-corrected chi connectivity index (χ4v) is 3.27. The third-order valence-corrected chi connectivity index (χ3v) is 4.15. The van der Waals surface area contributed by atoms with Gasteiger partial charge in [0.1, 0.15) is 5.75 Å². The van der Waals surface area contributed by atoms with Gasteiger partial charge in [0.2, 0.25) is 0 Å². The van der Waals surface area contributed by atoms with Gasteiger partial charge in [0.05, 0.1) is 0 Å². The second-order valence-corrected chi connectivity index (χ2v) is 7.22. The molecule has 2 unspecified atom stereocenters. The monoisotopic (exact) mass is 262 g/mol. The maximum Gasteiger partial charge on any atom is 0.119 e. The van der Waals surface area contributed by atoms with Crippen LogP contribution in [0.4, 0.5) is 0 Å². The van der Waals surface area contributed by atoms with E-state index in [2.05, 4.69) is 60.6 Å². The molecule has 19 heavy (non-hydrogen) atoms. The zero-order valence-electron chi connectivity index (χ0n) is 13.6. The molecule has 0 aliphatic carbocycles. The highest BCUT2D eigenvalue weighted by atomic mass is 16.3. The number of hydrogen-bond donors (Lipinski definition) is 1. The molecule has 1 N–H and O–H groups in total. The summed E-state index contributed by atoms with van der Waals surface area (Å²) in [7, 11) is 0. The maximum atomic E-state index is 10.1. The molecule has 0 radical (unpaired) electrons. The zero-order valence-corrected chi connectivity index (χ0v) is 13.6. The maximum absolute atomic E-state index is 10.1. The van der Waals surface area contributed by atoms with E-state index in [-0.39, 0.29) is 5.41 Å². The highest BCUT2D eigenvalue weighted by molar-refractivity contribution is 5.40. The molecule has 0 amide bonds. The second kappa shape index (κ2) is 5.98. The minimum absolute atomic E-state index is 0.234. The Bertz CT molecular complexity index is 412. The molecule has 0 spiro atoms. The summed E-state index contributed by atoms with van der Waals surface area (Å²) < 4.78 is 0. The van der Waals surface area contributed by atoms with Crippen LogP contribution in [0.3, 0.4) is 0 Å². The standard InChI is InChI=1S/C18H30O/c1-8-13(4)15-11-14(9-10-16(15)19)17(12(2)3)18(5,6)7/h9-13,17,19H,8H2,1-7H3. The second-order valence-electron chi connectivity index (χ2n) is 7.22. The van der Waals surface area contributed by atoms with Crippen molar-refractivity contribution >= 4 is 0 Å². The summed E-state index contributed by atoms with van der Waals surface area (Å²) >= 11 is 0. The Balaban J connectivity index is 3.26. The number of phenols is 1. The molecule has 0 saturated carbocycles. The summed E-state index contributed by atoms with van der Waals surface area (Å²) in [6.07, 6.45) is 1.05. The van der Waals surface area contributed by atoms with Gasteiger partial charge in [-0.1, -0.05) is 60.6 Å². The van der Waals surface area contributed by atoms with E-state index in [4.69, 9.17) is 0 Å². The van der Waals surface area contributed by atoms with Gasteiger partial charge in [-0.25, -0.2) is 0 Å². The fourth-order valence-electron chi connectivity index (χ4n) is 3.27. The Hall–Kier alpha value is -0.980. The van der Waals surface area contributed by atoms with Crippen molar-refractivity contribution in [2.24, 2.45) is 11.3 Å². The minimum Gasteiger partial charge on any atom is -0.508 e. The molecule has 0 saturated heterocycles. The van der Waals surface area contributed by atoms with Gasteiger partial charge in [-0.3, -0.25) is 0 Å². The van der Waals surface area contributed by atoms with E-state index in [0.29, 0.717) is 23.5 Å². The largest absolute Gasteiger partial charge is 0.508 e. The summed E-state index contributed by atoms with van der Waals surface area (Å²) in [5.41, 5.74) is 2.68. The quantitative estimate of drug-likeness (QED) is 0.739. The highest BCUT2D eigenvalue weighted by Crippen LogP contribution is 2.42. The summed E-state index contributed by atoms with van der Waals surface area (Å²) in [5.74, 6) is 1.95. The minimum atomic E-state index is 0.234. The van der Waals surface area contributed by atoms with Crippen molar-refractivity contribution in [3.05, 3.63) is 29.3 Å². The van der Waals surface area contributed by atoms with Gasteiger partial charge in [0.15, 0.2) is 0 Å². The van der Waals surface area contributed by atoms with Crippen molar-refractivity contribution in [1.29, 1.82) is 0 Å². The Morgan fingerprint density at radius 2 is 1.68 bits per heavy atom. The van der Waals surface area contributed by atoms with E-state index in [1.807, 2.05) is 6.07 Å². The van der Waals surface area contributed by atoms with E-state index in [0.717, 1.165) is 12.0 Å². The summed E-state index contributed by atoms with van der Waals surface area (Å²) in [4.78, 5) is 0. The molecule has 0 bridgehead atoms. The lowest BCUT2D eigenvalue weighted by Crippen LogP contribution is -2.23. The SMILES string of the molecule is CCC(C)c1cc(C(C(C)C)C(C)(C)C)ccc1O. The lowest BCUT2D eigenvalue weighted by Gasteiger charge is -2.35. The smallest absolute Gasteiger partial charge is 0.119 e. The van der Waals surface area contributed by atoms with Crippen molar-refractivity contribution < 1.29 is 5.11 Å². The lowest BCUT2D eigenvalue weighted by atomic mass is 9.70. The summed E-state index contributed by atoms with van der Waals surface area (Å²) in [6, 6.07) is 6.19. The molecule has 108 valence electrons. The van der Waals surface area contributed by atoms with Crippen molar-refractivity contribution in [3.8, 4) is 5.75 Å². The first-order valence-electron chi connectivity index (χ1n) is 7.51. The van der Waals surface area contributed by atoms with Crippen molar-refractivity contribution in [2.45, 2.75) is 66.7 Å². The summed E-state index contributed by atoms with van der Waals surface area (Å²) in [5, 5.41) is 10.1. The van der Waals surface area contributed by atoms with Crippen LogP contribution in [0.2, 0.25) is 0 Å². The third kappa shape index (κ3) is 3.75. The predicted molar refractivity (Wildman–Crippen MR) is 83.8 cm³/mol. The van der Waals surface area contributed by atoms with Crippen LogP contribution in [0.5, 0.6) is 5.75 Å². The Kier molecular flexibility index (Phi) is 5.06. The first kappa shape index (κ1) is 16.1. The number of hydrogen-bond acceptors (Lipinski definition) is 1. The molecule has 0 aromatic heterocycles. The Morgan fingerprint density at radius 1 is 1.11 bits per heavy atom. The van der Waals surface area contributed by atoms with Gasteiger partial charge in [0.25, 0.3) is 0 Å². The number of rotatable bonds is 4. The first-order valence-corrected chi connectivity index (χ1v) is 7.51. The molecular weight excluding hydrogens is 232 g/mol. The molecule has 2 atom stereocenters. The van der Waals surface area contributed by atoms with Crippen LogP contribution in [0, 0.1) is 11.3 Å². The average molecular weight is 262 g/mol. The molecule has 0 aliphatic heterocycles. The van der Waals surface area contributed by atoms with Gasteiger partial charge in [0, 0.05) is 0 Å². The highest BCUT2D eigenvalue weighted by Gasteiger charge is 2.29. The van der Waals surface area contributed by atoms with Crippen molar-refractivity contribution in [3.63, 3.8) is 0 Å². The molecule has 0 heterocycles. The van der Waals surface area contributed by atoms with Crippen LogP contribution in [0.1, 0.15) is 77.8 Å².